The van der Waals surface area contributed by atoms with E-state index in [4.69, 9.17) is 15.8 Å². The molecule has 0 aliphatic heterocycles. The number of carbonyl (C=O) groups is 1. The van der Waals surface area contributed by atoms with E-state index in [1.165, 1.54) is 0 Å². The summed E-state index contributed by atoms with van der Waals surface area (Å²) in [7, 11) is 0. The molecule has 0 saturated heterocycles. The first-order chi connectivity index (χ1) is 10.2. The standard InChI is InChI=1S/C15H12N4OS/c1-21-14(12(7-16)8-17)13(9-18)15(20)19-10-11-5-3-2-4-6-11/h2-6,13H,10H2,1H3,(H,19,20)/t13-/m1/s1. The number of thioether (sulfide) groups is 1. The van der Waals surface area contributed by atoms with Crippen LogP contribution in [0.2, 0.25) is 0 Å². The number of hydrogen-bond acceptors (Lipinski definition) is 5. The molecule has 5 nitrogen and oxygen atoms in total. The predicted molar refractivity (Wildman–Crippen MR) is 79.2 cm³/mol. The van der Waals surface area contributed by atoms with Gasteiger partial charge in [-0.3, -0.25) is 4.79 Å². The quantitative estimate of drug-likeness (QED) is 0.839. The number of benzene rings is 1. The van der Waals surface area contributed by atoms with Crippen molar-refractivity contribution in [2.24, 2.45) is 5.92 Å². The number of rotatable bonds is 5. The fourth-order valence-corrected chi connectivity index (χ4v) is 2.31. The first-order valence-electron chi connectivity index (χ1n) is 5.97. The van der Waals surface area contributed by atoms with Crippen LogP contribution < -0.4 is 5.32 Å². The molecule has 0 aliphatic carbocycles. The van der Waals surface area contributed by atoms with Crippen molar-refractivity contribution >= 4 is 17.7 Å². The average molecular weight is 296 g/mol. The van der Waals surface area contributed by atoms with Gasteiger partial charge in [-0.1, -0.05) is 30.3 Å². The van der Waals surface area contributed by atoms with Crippen molar-refractivity contribution in [3.8, 4) is 18.2 Å². The van der Waals surface area contributed by atoms with Crippen LogP contribution in [0.5, 0.6) is 0 Å². The molecule has 104 valence electrons. The fourth-order valence-electron chi connectivity index (χ4n) is 1.62. The van der Waals surface area contributed by atoms with E-state index < -0.39 is 11.8 Å². The SMILES string of the molecule is CSC(=C(C#N)C#N)[C@@H](C#N)C(=O)NCc1ccccc1. The Morgan fingerprint density at radius 3 is 2.33 bits per heavy atom. The van der Waals surface area contributed by atoms with Gasteiger partial charge in [-0.15, -0.1) is 11.8 Å². The lowest BCUT2D eigenvalue weighted by Crippen LogP contribution is -2.30. The minimum absolute atomic E-state index is 0.174. The molecule has 0 unspecified atom stereocenters. The molecule has 0 saturated carbocycles. The molecular weight excluding hydrogens is 284 g/mol. The van der Waals surface area contributed by atoms with Crippen molar-refractivity contribution in [1.29, 1.82) is 15.8 Å². The molecule has 1 rings (SSSR count). The molecule has 0 radical (unpaired) electrons. The summed E-state index contributed by atoms with van der Waals surface area (Å²) in [5, 5.41) is 29.6. The maximum atomic E-state index is 12.1. The van der Waals surface area contributed by atoms with Crippen molar-refractivity contribution in [3.63, 3.8) is 0 Å². The maximum absolute atomic E-state index is 12.1. The predicted octanol–water partition coefficient (Wildman–Crippen LogP) is 2.11. The Balaban J connectivity index is 2.88. The van der Waals surface area contributed by atoms with Gasteiger partial charge in [0.2, 0.25) is 5.91 Å². The molecule has 1 N–H and O–H groups in total. The van der Waals surface area contributed by atoms with Crippen LogP contribution in [0.25, 0.3) is 0 Å². The second-order valence-corrected chi connectivity index (χ2v) is 4.78. The summed E-state index contributed by atoms with van der Waals surface area (Å²) in [6, 6.07) is 14.5. The minimum atomic E-state index is -1.15. The first-order valence-corrected chi connectivity index (χ1v) is 7.20. The monoisotopic (exact) mass is 296 g/mol. The van der Waals surface area contributed by atoms with Crippen molar-refractivity contribution in [1.82, 2.24) is 5.32 Å². The van der Waals surface area contributed by atoms with Crippen LogP contribution in [0.3, 0.4) is 0 Å². The number of carbonyl (C=O) groups excluding carboxylic acids is 1. The topological polar surface area (TPSA) is 100 Å². The van der Waals surface area contributed by atoms with Gasteiger partial charge in [0.25, 0.3) is 0 Å². The highest BCUT2D eigenvalue weighted by molar-refractivity contribution is 8.02. The van der Waals surface area contributed by atoms with Gasteiger partial charge >= 0.3 is 0 Å². The molecule has 21 heavy (non-hydrogen) atoms. The zero-order valence-electron chi connectivity index (χ0n) is 11.3. The number of amides is 1. The van der Waals surface area contributed by atoms with Crippen LogP contribution in [-0.2, 0) is 11.3 Å². The molecule has 0 heterocycles. The summed E-state index contributed by atoms with van der Waals surface area (Å²) >= 11 is 1.06. The van der Waals surface area contributed by atoms with Gasteiger partial charge in [-0.2, -0.15) is 15.8 Å². The zero-order valence-corrected chi connectivity index (χ0v) is 12.1. The summed E-state index contributed by atoms with van der Waals surface area (Å²) < 4.78 is 0. The number of nitrogens with one attached hydrogen (secondary N) is 1. The molecule has 1 amide bonds. The van der Waals surface area contributed by atoms with E-state index in [0.29, 0.717) is 0 Å². The number of hydrogen-bond donors (Lipinski definition) is 1. The molecule has 1 aromatic rings. The van der Waals surface area contributed by atoms with Crippen molar-refractivity contribution < 1.29 is 4.79 Å². The second-order valence-electron chi connectivity index (χ2n) is 3.93. The highest BCUT2D eigenvalue weighted by atomic mass is 32.2. The van der Waals surface area contributed by atoms with Gasteiger partial charge < -0.3 is 5.32 Å². The fraction of sp³-hybridized carbons (Fsp3) is 0.200. The van der Waals surface area contributed by atoms with E-state index in [1.54, 1.807) is 18.4 Å². The molecular formula is C15H12N4OS. The summed E-state index contributed by atoms with van der Waals surface area (Å²) in [6.07, 6.45) is 1.62. The van der Waals surface area contributed by atoms with Crippen molar-refractivity contribution in [2.45, 2.75) is 6.54 Å². The third-order valence-electron chi connectivity index (χ3n) is 2.65. The molecule has 0 fully saturated rings. The van der Waals surface area contributed by atoms with Crippen LogP contribution in [0.15, 0.2) is 40.8 Å². The number of nitriles is 3. The molecule has 1 aromatic carbocycles. The minimum Gasteiger partial charge on any atom is -0.351 e. The van der Waals surface area contributed by atoms with Gasteiger partial charge in [-0.05, 0) is 11.8 Å². The normalized spacial score (nSPS) is 10.4. The lowest BCUT2D eigenvalue weighted by molar-refractivity contribution is -0.122. The Hall–Kier alpha value is -2.75. The third-order valence-corrected chi connectivity index (χ3v) is 3.53. The molecule has 0 spiro atoms. The molecule has 0 bridgehead atoms. The van der Waals surface area contributed by atoms with E-state index in [2.05, 4.69) is 5.32 Å². The summed E-state index contributed by atoms with van der Waals surface area (Å²) in [5.41, 5.74) is 0.696. The Labute approximate surface area is 127 Å². The maximum Gasteiger partial charge on any atom is 0.242 e. The highest BCUT2D eigenvalue weighted by Crippen LogP contribution is 2.25. The van der Waals surface area contributed by atoms with Crippen LogP contribution in [-0.4, -0.2) is 12.2 Å². The molecule has 0 aromatic heterocycles. The number of nitrogens with zero attached hydrogens (tertiary/aromatic N) is 3. The summed E-state index contributed by atoms with van der Waals surface area (Å²) in [5.74, 6) is -1.67. The molecule has 1 atom stereocenters. The van der Waals surface area contributed by atoms with E-state index in [0.717, 1.165) is 17.3 Å². The lowest BCUT2D eigenvalue weighted by Gasteiger charge is -2.12. The van der Waals surface area contributed by atoms with Crippen LogP contribution in [0.1, 0.15) is 5.56 Å². The van der Waals surface area contributed by atoms with Gasteiger partial charge in [0.15, 0.2) is 5.92 Å². The van der Waals surface area contributed by atoms with Crippen LogP contribution >= 0.6 is 11.8 Å². The van der Waals surface area contributed by atoms with E-state index in [9.17, 15) is 4.79 Å². The van der Waals surface area contributed by atoms with Gasteiger partial charge in [-0.25, -0.2) is 0 Å². The molecule has 0 aliphatic rings. The van der Waals surface area contributed by atoms with Crippen molar-refractivity contribution in [3.05, 3.63) is 46.4 Å². The summed E-state index contributed by atoms with van der Waals surface area (Å²) in [4.78, 5) is 12.3. The summed E-state index contributed by atoms with van der Waals surface area (Å²) in [6.45, 7) is 0.286. The third kappa shape index (κ3) is 4.38. The Kier molecular flexibility index (Phi) is 6.54. The number of allylic oxidation sites excluding steroid dienone is 1. The van der Waals surface area contributed by atoms with Crippen molar-refractivity contribution in [2.75, 3.05) is 6.26 Å². The largest absolute Gasteiger partial charge is 0.351 e. The average Bonchev–Trinajstić information content (AvgIpc) is 2.54. The Bertz CT molecular complexity index is 646. The van der Waals surface area contributed by atoms with Crippen LogP contribution in [0.4, 0.5) is 0 Å². The van der Waals surface area contributed by atoms with E-state index in [-0.39, 0.29) is 17.0 Å². The molecule has 6 heteroatoms. The van der Waals surface area contributed by atoms with Gasteiger partial charge in [0.1, 0.15) is 17.7 Å². The van der Waals surface area contributed by atoms with Gasteiger partial charge in [0, 0.05) is 11.4 Å². The van der Waals surface area contributed by atoms with Gasteiger partial charge in [0.05, 0.1) is 6.07 Å². The highest BCUT2D eigenvalue weighted by Gasteiger charge is 2.25. The zero-order chi connectivity index (χ0) is 15.7. The Morgan fingerprint density at radius 1 is 1.24 bits per heavy atom. The first kappa shape index (κ1) is 16.3. The lowest BCUT2D eigenvalue weighted by atomic mass is 10.1. The second kappa shape index (κ2) is 8.43. The Morgan fingerprint density at radius 2 is 1.86 bits per heavy atom. The smallest absolute Gasteiger partial charge is 0.242 e. The van der Waals surface area contributed by atoms with Crippen LogP contribution in [0, 0.1) is 39.9 Å². The van der Waals surface area contributed by atoms with E-state index >= 15 is 0 Å². The van der Waals surface area contributed by atoms with E-state index in [1.807, 2.05) is 36.4 Å².